The van der Waals surface area contributed by atoms with Gasteiger partial charge in [-0.1, -0.05) is 12.2 Å². The van der Waals surface area contributed by atoms with Crippen molar-refractivity contribution in [3.63, 3.8) is 0 Å². The van der Waals surface area contributed by atoms with Crippen LogP contribution in [0.5, 0.6) is 0 Å². The predicted octanol–water partition coefficient (Wildman–Crippen LogP) is 0.871. The highest BCUT2D eigenvalue weighted by Gasteiger charge is 2.68. The van der Waals surface area contributed by atoms with Crippen molar-refractivity contribution in [2.75, 3.05) is 0 Å². The number of aliphatic imine (C=N–C) groups is 1. The average Bonchev–Trinajstić information content (AvgIpc) is 2.47. The van der Waals surface area contributed by atoms with Gasteiger partial charge in [0.25, 0.3) is 0 Å². The van der Waals surface area contributed by atoms with Crippen molar-refractivity contribution in [1.29, 1.82) is 0 Å². The van der Waals surface area contributed by atoms with Gasteiger partial charge in [0.05, 0.1) is 6.04 Å². The third kappa shape index (κ3) is 0.208. The third-order valence-corrected chi connectivity index (χ3v) is 1.94. The second-order valence-corrected chi connectivity index (χ2v) is 2.30. The Hall–Kier alpha value is -0.590. The van der Waals surface area contributed by atoms with Gasteiger partial charge in [0, 0.05) is 11.8 Å². The van der Waals surface area contributed by atoms with E-state index < -0.39 is 0 Å². The molecule has 0 saturated heterocycles. The van der Waals surface area contributed by atoms with Crippen LogP contribution in [0.2, 0.25) is 0 Å². The minimum Gasteiger partial charge on any atom is -0.296 e. The van der Waals surface area contributed by atoms with Crippen LogP contribution < -0.4 is 0 Å². The molecule has 0 aliphatic heterocycles. The first-order valence-corrected chi connectivity index (χ1v) is 2.51. The third-order valence-electron chi connectivity index (χ3n) is 1.94. The van der Waals surface area contributed by atoms with Crippen LogP contribution >= 0.6 is 0 Å². The van der Waals surface area contributed by atoms with Crippen molar-refractivity contribution in [2.45, 2.75) is 6.04 Å². The summed E-state index contributed by atoms with van der Waals surface area (Å²) in [4.78, 5) is 3.87. The van der Waals surface area contributed by atoms with Crippen molar-refractivity contribution in [3.05, 3.63) is 12.2 Å². The van der Waals surface area contributed by atoms with Gasteiger partial charge >= 0.3 is 0 Å². The zero-order chi connectivity index (χ0) is 5.02. The number of nitrogens with zero attached hydrogens (tertiary/aromatic N) is 1. The highest BCUT2D eigenvalue weighted by atomic mass is 15.0. The van der Waals surface area contributed by atoms with E-state index in [1.165, 1.54) is 5.57 Å². The van der Waals surface area contributed by atoms with Crippen molar-refractivity contribution < 1.29 is 0 Å². The van der Waals surface area contributed by atoms with Crippen LogP contribution in [0.15, 0.2) is 17.1 Å². The van der Waals surface area contributed by atoms with E-state index in [0.717, 1.165) is 11.8 Å². The molecule has 0 spiro atoms. The summed E-state index contributed by atoms with van der Waals surface area (Å²) in [5.74, 6) is 1.55. The van der Waals surface area contributed by atoms with E-state index in [1.807, 2.05) is 0 Å². The van der Waals surface area contributed by atoms with Crippen molar-refractivity contribution in [1.82, 2.24) is 0 Å². The predicted molar refractivity (Wildman–Crippen MR) is 29.5 cm³/mol. The molecule has 2 aliphatic carbocycles. The largest absolute Gasteiger partial charge is 0.296 e. The second-order valence-electron chi connectivity index (χ2n) is 2.30. The maximum atomic E-state index is 3.87. The average molecular weight is 93.1 g/mol. The van der Waals surface area contributed by atoms with Gasteiger partial charge < -0.3 is 0 Å². The first-order chi connectivity index (χ1) is 3.36. The van der Waals surface area contributed by atoms with E-state index in [-0.39, 0.29) is 0 Å². The number of rotatable bonds is 1. The molecule has 0 amide bonds. The monoisotopic (exact) mass is 93.1 g/mol. The molecule has 2 aliphatic rings. The minimum absolute atomic E-state index is 0.590. The van der Waals surface area contributed by atoms with Crippen molar-refractivity contribution >= 4 is 6.72 Å². The molecule has 2 rings (SSSR count). The Morgan fingerprint density at radius 1 is 1.43 bits per heavy atom. The molecule has 2 unspecified atom stereocenters. The molecule has 0 aromatic heterocycles. The highest BCUT2D eigenvalue weighted by molar-refractivity contribution is 5.49. The fraction of sp³-hybridized carbons (Fsp3) is 0.500. The molecule has 0 aromatic rings. The summed E-state index contributed by atoms with van der Waals surface area (Å²) < 4.78 is 0. The van der Waals surface area contributed by atoms with Crippen molar-refractivity contribution in [3.8, 4) is 0 Å². The first-order valence-electron chi connectivity index (χ1n) is 2.51. The Kier molecular flexibility index (Phi) is 0.333. The highest BCUT2D eigenvalue weighted by Crippen LogP contribution is 2.68. The Balaban J connectivity index is 2.10. The van der Waals surface area contributed by atoms with Crippen LogP contribution in [0.3, 0.4) is 0 Å². The fourth-order valence-corrected chi connectivity index (χ4v) is 1.20. The van der Waals surface area contributed by atoms with Gasteiger partial charge in [0.1, 0.15) is 0 Å². The van der Waals surface area contributed by atoms with Gasteiger partial charge in [-0.15, -0.1) is 0 Å². The lowest BCUT2D eigenvalue weighted by atomic mass is 10.3. The van der Waals surface area contributed by atoms with E-state index in [0.29, 0.717) is 6.04 Å². The van der Waals surface area contributed by atoms with E-state index in [4.69, 9.17) is 0 Å². The molecular formula is C6H7N. The molecule has 7 heavy (non-hydrogen) atoms. The molecule has 36 valence electrons. The SMILES string of the molecule is C=NC1C2C(=C)C12. The molecule has 1 heteroatoms. The topological polar surface area (TPSA) is 12.4 Å². The molecular weight excluding hydrogens is 86.1 g/mol. The van der Waals surface area contributed by atoms with Crippen LogP contribution in [0.1, 0.15) is 0 Å². The van der Waals surface area contributed by atoms with Gasteiger partial charge in [0.2, 0.25) is 0 Å². The lowest BCUT2D eigenvalue weighted by molar-refractivity contribution is 0.880. The normalized spacial score (nSPS) is 53.1. The summed E-state index contributed by atoms with van der Waals surface area (Å²) in [5.41, 5.74) is 1.40. The molecule has 2 saturated carbocycles. The lowest BCUT2D eigenvalue weighted by Gasteiger charge is -1.90. The van der Waals surface area contributed by atoms with Gasteiger partial charge in [-0.2, -0.15) is 0 Å². The lowest BCUT2D eigenvalue weighted by Crippen LogP contribution is -1.89. The quantitative estimate of drug-likeness (QED) is 0.337. The zero-order valence-corrected chi connectivity index (χ0v) is 4.09. The van der Waals surface area contributed by atoms with Gasteiger partial charge in [-0.25, -0.2) is 0 Å². The van der Waals surface area contributed by atoms with E-state index in [2.05, 4.69) is 18.3 Å². The zero-order valence-electron chi connectivity index (χ0n) is 4.09. The Morgan fingerprint density at radius 2 is 2.00 bits per heavy atom. The summed E-state index contributed by atoms with van der Waals surface area (Å²) >= 11 is 0. The summed E-state index contributed by atoms with van der Waals surface area (Å²) in [6.07, 6.45) is 0. The van der Waals surface area contributed by atoms with Crippen LogP contribution in [0.25, 0.3) is 0 Å². The van der Waals surface area contributed by atoms with Gasteiger partial charge in [-0.05, 0) is 6.72 Å². The molecule has 1 nitrogen and oxygen atoms in total. The Bertz CT molecular complexity index is 130. The molecule has 0 N–H and O–H groups in total. The molecule has 0 aromatic carbocycles. The maximum absolute atomic E-state index is 3.87. The van der Waals surface area contributed by atoms with Crippen LogP contribution in [0, 0.1) is 11.8 Å². The Labute approximate surface area is 42.8 Å². The van der Waals surface area contributed by atoms with Gasteiger partial charge in [0.15, 0.2) is 0 Å². The molecule has 2 fully saturated rings. The fourth-order valence-electron chi connectivity index (χ4n) is 1.20. The number of hydrogen-bond acceptors (Lipinski definition) is 1. The van der Waals surface area contributed by atoms with Crippen molar-refractivity contribution in [2.24, 2.45) is 16.8 Å². The molecule has 2 atom stereocenters. The van der Waals surface area contributed by atoms with Crippen LogP contribution in [-0.4, -0.2) is 12.8 Å². The number of hydrogen-bond donors (Lipinski definition) is 0. The van der Waals surface area contributed by atoms with Crippen LogP contribution in [0.4, 0.5) is 0 Å². The maximum Gasteiger partial charge on any atom is 0.0635 e. The first kappa shape index (κ1) is 3.42. The summed E-state index contributed by atoms with van der Waals surface area (Å²) in [5, 5.41) is 0. The molecule has 0 bridgehead atoms. The van der Waals surface area contributed by atoms with E-state index >= 15 is 0 Å². The molecule has 0 heterocycles. The van der Waals surface area contributed by atoms with Gasteiger partial charge in [-0.3, -0.25) is 4.99 Å². The summed E-state index contributed by atoms with van der Waals surface area (Å²) in [7, 11) is 0. The smallest absolute Gasteiger partial charge is 0.0635 e. The molecule has 0 radical (unpaired) electrons. The van der Waals surface area contributed by atoms with E-state index in [1.54, 1.807) is 0 Å². The summed E-state index contributed by atoms with van der Waals surface area (Å²) in [6, 6.07) is 0.590. The second kappa shape index (κ2) is 0.683. The Morgan fingerprint density at radius 3 is 2.14 bits per heavy atom. The van der Waals surface area contributed by atoms with E-state index in [9.17, 15) is 0 Å². The number of fused-ring (bicyclic) bond motifs is 1. The minimum atomic E-state index is 0.590. The summed E-state index contributed by atoms with van der Waals surface area (Å²) in [6.45, 7) is 7.25. The van der Waals surface area contributed by atoms with Crippen LogP contribution in [-0.2, 0) is 0 Å². The standard InChI is InChI=1S/C6H7N/c1-3-4-5(3)6(4)7-2/h4-6H,1-2H2.